The van der Waals surface area contributed by atoms with Gasteiger partial charge < -0.3 is 5.32 Å². The van der Waals surface area contributed by atoms with Crippen LogP contribution in [-0.2, 0) is 9.84 Å². The molecule has 1 aliphatic heterocycles. The number of allylic oxidation sites excluding steroid dienone is 4. The van der Waals surface area contributed by atoms with Crippen molar-refractivity contribution in [3.8, 4) is 0 Å². The molecule has 1 aliphatic carbocycles. The van der Waals surface area contributed by atoms with Crippen LogP contribution in [0.5, 0.6) is 0 Å². The first kappa shape index (κ1) is 11.5. The van der Waals surface area contributed by atoms with Crippen LogP contribution in [0.15, 0.2) is 34.9 Å². The molecule has 0 amide bonds. The van der Waals surface area contributed by atoms with Gasteiger partial charge in [0.2, 0.25) is 0 Å². The van der Waals surface area contributed by atoms with Gasteiger partial charge in [-0.05, 0) is 12.2 Å². The maximum absolute atomic E-state index is 11.9. The van der Waals surface area contributed by atoms with Gasteiger partial charge in [0.1, 0.15) is 5.75 Å². The van der Waals surface area contributed by atoms with Crippen molar-refractivity contribution in [2.45, 2.75) is 13.8 Å². The molecule has 5 heteroatoms. The highest BCUT2D eigenvalue weighted by molar-refractivity contribution is 7.97. The molecule has 3 nitrogen and oxygen atoms in total. The average Bonchev–Trinajstić information content (AvgIpc) is 2.24. The quantitative estimate of drug-likeness (QED) is 0.669. The first-order valence-electron chi connectivity index (χ1n) is 4.96. The normalized spacial score (nSPS) is 26.0. The Bertz CT molecular complexity index is 536. The molecule has 2 aliphatic rings. The number of rotatable bonds is 0. The minimum absolute atomic E-state index is 0.0974. The van der Waals surface area contributed by atoms with Gasteiger partial charge in [0.25, 0.3) is 0 Å². The molecule has 1 N–H and O–H groups in total. The van der Waals surface area contributed by atoms with Crippen LogP contribution in [-0.4, -0.2) is 19.2 Å². The first-order chi connectivity index (χ1) is 7.30. The van der Waals surface area contributed by atoms with Crippen LogP contribution in [0.3, 0.4) is 0 Å². The summed E-state index contributed by atoms with van der Waals surface area (Å²) >= 11 is 4.94. The van der Waals surface area contributed by atoms with Crippen LogP contribution in [0.25, 0.3) is 0 Å². The van der Waals surface area contributed by atoms with Crippen LogP contribution in [0.4, 0.5) is 0 Å². The van der Waals surface area contributed by atoms with Crippen molar-refractivity contribution < 1.29 is 8.42 Å². The maximum atomic E-state index is 11.9. The number of thiocarbonyl (C=S) groups is 1. The summed E-state index contributed by atoms with van der Waals surface area (Å²) in [5, 5.41) is 2.95. The van der Waals surface area contributed by atoms with Gasteiger partial charge in [0, 0.05) is 5.41 Å². The molecule has 1 heterocycles. The topological polar surface area (TPSA) is 46.2 Å². The van der Waals surface area contributed by atoms with Crippen molar-refractivity contribution in [3.63, 3.8) is 0 Å². The Kier molecular flexibility index (Phi) is 2.55. The zero-order chi connectivity index (χ0) is 12.0. The number of hydrogen-bond acceptors (Lipinski definition) is 3. The second kappa shape index (κ2) is 3.53. The highest BCUT2D eigenvalue weighted by Crippen LogP contribution is 2.28. The van der Waals surface area contributed by atoms with E-state index in [1.54, 1.807) is 12.2 Å². The van der Waals surface area contributed by atoms with Gasteiger partial charge in [-0.1, -0.05) is 38.2 Å². The molecule has 0 aromatic carbocycles. The lowest BCUT2D eigenvalue weighted by atomic mass is 9.93. The molecule has 0 aromatic rings. The van der Waals surface area contributed by atoms with Gasteiger partial charge in [0.15, 0.2) is 9.84 Å². The molecule has 0 unspecified atom stereocenters. The molecule has 0 radical (unpaired) electrons. The van der Waals surface area contributed by atoms with E-state index in [-0.39, 0.29) is 11.2 Å². The van der Waals surface area contributed by atoms with Crippen molar-refractivity contribution in [2.24, 2.45) is 5.41 Å². The lowest BCUT2D eigenvalue weighted by molar-refractivity contribution is 0.605. The summed E-state index contributed by atoms with van der Waals surface area (Å²) in [7, 11) is -3.27. The zero-order valence-electron chi connectivity index (χ0n) is 9.15. The van der Waals surface area contributed by atoms with Crippen LogP contribution in [0.2, 0.25) is 0 Å². The van der Waals surface area contributed by atoms with Crippen molar-refractivity contribution in [1.29, 1.82) is 0 Å². The Morgan fingerprint density at radius 3 is 2.62 bits per heavy atom. The van der Waals surface area contributed by atoms with Gasteiger partial charge in [-0.2, -0.15) is 0 Å². The Labute approximate surface area is 101 Å². The largest absolute Gasteiger partial charge is 0.348 e. The minimum Gasteiger partial charge on any atom is -0.348 e. The van der Waals surface area contributed by atoms with E-state index < -0.39 is 9.84 Å². The lowest BCUT2D eigenvalue weighted by Gasteiger charge is -2.18. The predicted octanol–water partition coefficient (Wildman–Crippen LogP) is 1.70. The van der Waals surface area contributed by atoms with E-state index in [4.69, 9.17) is 12.2 Å². The van der Waals surface area contributed by atoms with Crippen molar-refractivity contribution in [3.05, 3.63) is 34.9 Å². The molecule has 16 heavy (non-hydrogen) atoms. The predicted molar refractivity (Wildman–Crippen MR) is 68.6 cm³/mol. The molecule has 0 spiro atoms. The molecule has 0 atom stereocenters. The van der Waals surface area contributed by atoms with E-state index in [2.05, 4.69) is 5.32 Å². The molecule has 0 fully saturated rings. The fourth-order valence-corrected chi connectivity index (χ4v) is 3.50. The summed E-state index contributed by atoms with van der Waals surface area (Å²) in [5.41, 5.74) is 0.439. The molecule has 2 rings (SSSR count). The molecule has 0 saturated carbocycles. The molecule has 0 aromatic heterocycles. The highest BCUT2D eigenvalue weighted by Gasteiger charge is 2.28. The smallest absolute Gasteiger partial charge is 0.186 e. The van der Waals surface area contributed by atoms with E-state index in [0.717, 1.165) is 0 Å². The first-order valence-corrected chi connectivity index (χ1v) is 7.02. The van der Waals surface area contributed by atoms with Gasteiger partial charge in [-0.15, -0.1) is 0 Å². The second-order valence-electron chi connectivity index (χ2n) is 4.57. The maximum Gasteiger partial charge on any atom is 0.186 e. The van der Waals surface area contributed by atoms with Crippen molar-refractivity contribution in [1.82, 2.24) is 5.32 Å². The van der Waals surface area contributed by atoms with E-state index in [1.165, 1.54) is 0 Å². The summed E-state index contributed by atoms with van der Waals surface area (Å²) in [4.78, 5) is 0.694. The fourth-order valence-electron chi connectivity index (χ4n) is 1.63. The lowest BCUT2D eigenvalue weighted by Crippen LogP contribution is -2.34. The Morgan fingerprint density at radius 1 is 1.31 bits per heavy atom. The highest BCUT2D eigenvalue weighted by atomic mass is 32.2. The standard InChI is InChI=1S/C11H13NO2S2/c1-11(2)5-3-8-9(4-6-11)16(13,14)7-10(15)12-8/h3-6H,7H2,1-2H3,(H,12,15). The Hall–Kier alpha value is -0.940. The van der Waals surface area contributed by atoms with Crippen LogP contribution >= 0.6 is 12.2 Å². The fraction of sp³-hybridized carbons (Fsp3) is 0.364. The number of nitrogens with one attached hydrogen (secondary N) is 1. The van der Waals surface area contributed by atoms with Crippen LogP contribution < -0.4 is 5.32 Å². The van der Waals surface area contributed by atoms with Gasteiger partial charge in [0.05, 0.1) is 15.6 Å². The van der Waals surface area contributed by atoms with E-state index >= 15 is 0 Å². The van der Waals surface area contributed by atoms with Crippen molar-refractivity contribution >= 4 is 27.0 Å². The molecule has 86 valence electrons. The third-order valence-electron chi connectivity index (χ3n) is 2.54. The minimum atomic E-state index is -3.27. The van der Waals surface area contributed by atoms with Gasteiger partial charge in [-0.3, -0.25) is 0 Å². The van der Waals surface area contributed by atoms with Crippen LogP contribution in [0, 0.1) is 5.41 Å². The van der Waals surface area contributed by atoms with Gasteiger partial charge >= 0.3 is 0 Å². The SMILES string of the molecule is CC1(C)C=CC2=C(C=C1)S(=O)(=O)CC(=S)N2. The Balaban J connectivity index is 2.59. The third kappa shape index (κ3) is 2.10. The summed E-state index contributed by atoms with van der Waals surface area (Å²) < 4.78 is 23.8. The number of sulfone groups is 1. The summed E-state index contributed by atoms with van der Waals surface area (Å²) in [6.45, 7) is 4.03. The molecular weight excluding hydrogens is 242 g/mol. The van der Waals surface area contributed by atoms with E-state index in [1.807, 2.05) is 26.0 Å². The average molecular weight is 255 g/mol. The third-order valence-corrected chi connectivity index (χ3v) is 4.66. The van der Waals surface area contributed by atoms with Crippen molar-refractivity contribution in [2.75, 3.05) is 5.75 Å². The Morgan fingerprint density at radius 2 is 1.94 bits per heavy atom. The van der Waals surface area contributed by atoms with Gasteiger partial charge in [-0.25, -0.2) is 8.42 Å². The molecule has 0 bridgehead atoms. The zero-order valence-corrected chi connectivity index (χ0v) is 10.8. The van der Waals surface area contributed by atoms with Crippen LogP contribution in [0.1, 0.15) is 13.8 Å². The second-order valence-corrected chi connectivity index (χ2v) is 7.02. The monoisotopic (exact) mass is 255 g/mol. The summed E-state index contributed by atoms with van der Waals surface area (Å²) in [6.07, 6.45) is 7.31. The van der Waals surface area contributed by atoms with E-state index in [9.17, 15) is 8.42 Å². The molecule has 0 saturated heterocycles. The van der Waals surface area contributed by atoms with E-state index in [0.29, 0.717) is 15.6 Å². The number of hydrogen-bond donors (Lipinski definition) is 1. The summed E-state index contributed by atoms with van der Waals surface area (Å²) in [5.74, 6) is -0.0974. The molecular formula is C11H13NO2S2. The summed E-state index contributed by atoms with van der Waals surface area (Å²) in [6, 6.07) is 0.